The maximum absolute atomic E-state index is 11.4. The molecule has 0 N–H and O–H groups in total. The van der Waals surface area contributed by atoms with Crippen molar-refractivity contribution in [2.45, 2.75) is 39.7 Å². The van der Waals surface area contributed by atoms with Crippen LogP contribution in [0.15, 0.2) is 0 Å². The number of carbonyl (C=O) groups is 1. The molecule has 76 valence electrons. The van der Waals surface area contributed by atoms with Crippen molar-refractivity contribution >= 4 is 6.09 Å². The van der Waals surface area contributed by atoms with E-state index in [0.717, 1.165) is 19.5 Å². The molecule has 13 heavy (non-hydrogen) atoms. The van der Waals surface area contributed by atoms with E-state index >= 15 is 0 Å². The summed E-state index contributed by atoms with van der Waals surface area (Å²) in [5, 5.41) is 0. The summed E-state index contributed by atoms with van der Waals surface area (Å²) in [4.78, 5) is 13.2. The Kier molecular flexibility index (Phi) is 2.84. The molecule has 0 spiro atoms. The van der Waals surface area contributed by atoms with Gasteiger partial charge in [0.15, 0.2) is 0 Å². The normalized spacial score (nSPS) is 21.9. The predicted octanol–water partition coefficient (Wildman–Crippen LogP) is 2.26. The SMILES string of the molecule is CC(C)CN1CCC(C)(C)OC1=O. The van der Waals surface area contributed by atoms with Crippen molar-refractivity contribution in [3.05, 3.63) is 0 Å². The minimum Gasteiger partial charge on any atom is -0.443 e. The van der Waals surface area contributed by atoms with Crippen LogP contribution >= 0.6 is 0 Å². The van der Waals surface area contributed by atoms with Crippen LogP contribution in [0.2, 0.25) is 0 Å². The molecule has 1 fully saturated rings. The summed E-state index contributed by atoms with van der Waals surface area (Å²) in [5.74, 6) is 0.508. The van der Waals surface area contributed by atoms with Gasteiger partial charge in [0.25, 0.3) is 0 Å². The van der Waals surface area contributed by atoms with E-state index in [9.17, 15) is 4.79 Å². The van der Waals surface area contributed by atoms with E-state index in [-0.39, 0.29) is 11.7 Å². The molecule has 0 unspecified atom stereocenters. The van der Waals surface area contributed by atoms with Crippen molar-refractivity contribution in [2.75, 3.05) is 13.1 Å². The molecule has 1 saturated heterocycles. The van der Waals surface area contributed by atoms with Gasteiger partial charge in [-0.25, -0.2) is 4.79 Å². The number of nitrogens with zero attached hydrogens (tertiary/aromatic N) is 1. The Bertz CT molecular complexity index is 199. The maximum atomic E-state index is 11.4. The van der Waals surface area contributed by atoms with Crippen LogP contribution in [0.3, 0.4) is 0 Å². The summed E-state index contributed by atoms with van der Waals surface area (Å²) in [6.07, 6.45) is 0.760. The lowest BCUT2D eigenvalue weighted by atomic mass is 10.0. The van der Waals surface area contributed by atoms with Gasteiger partial charge in [0.1, 0.15) is 5.60 Å². The average molecular weight is 185 g/mol. The molecule has 0 radical (unpaired) electrons. The molecule has 3 heteroatoms. The number of hydrogen-bond donors (Lipinski definition) is 0. The summed E-state index contributed by atoms with van der Waals surface area (Å²) >= 11 is 0. The second kappa shape index (κ2) is 3.56. The first-order valence-electron chi connectivity index (χ1n) is 4.88. The number of hydrogen-bond acceptors (Lipinski definition) is 2. The van der Waals surface area contributed by atoms with Gasteiger partial charge in [-0.15, -0.1) is 0 Å². The Balaban J connectivity index is 2.49. The Morgan fingerprint density at radius 2 is 2.15 bits per heavy atom. The first-order chi connectivity index (χ1) is 5.91. The highest BCUT2D eigenvalue weighted by Gasteiger charge is 2.32. The van der Waals surface area contributed by atoms with Crippen molar-refractivity contribution in [1.29, 1.82) is 0 Å². The smallest absolute Gasteiger partial charge is 0.410 e. The van der Waals surface area contributed by atoms with Crippen molar-refractivity contribution < 1.29 is 9.53 Å². The summed E-state index contributed by atoms with van der Waals surface area (Å²) in [5.41, 5.74) is -0.273. The lowest BCUT2D eigenvalue weighted by molar-refractivity contribution is -0.0276. The highest BCUT2D eigenvalue weighted by atomic mass is 16.6. The quantitative estimate of drug-likeness (QED) is 0.660. The molecule has 0 aromatic rings. The second-order valence-electron chi connectivity index (χ2n) is 4.72. The van der Waals surface area contributed by atoms with E-state index in [1.165, 1.54) is 0 Å². The molecule has 1 aliphatic rings. The molecule has 1 aliphatic heterocycles. The van der Waals surface area contributed by atoms with Crippen molar-refractivity contribution in [1.82, 2.24) is 4.90 Å². The van der Waals surface area contributed by atoms with Crippen LogP contribution in [0.5, 0.6) is 0 Å². The first-order valence-corrected chi connectivity index (χ1v) is 4.88. The zero-order valence-electron chi connectivity index (χ0n) is 8.96. The van der Waals surface area contributed by atoms with E-state index in [1.54, 1.807) is 4.90 Å². The fourth-order valence-electron chi connectivity index (χ4n) is 1.45. The van der Waals surface area contributed by atoms with Gasteiger partial charge in [-0.1, -0.05) is 13.8 Å². The third kappa shape index (κ3) is 2.90. The summed E-state index contributed by atoms with van der Waals surface area (Å²) in [7, 11) is 0. The number of amides is 1. The highest BCUT2D eigenvalue weighted by Crippen LogP contribution is 2.22. The van der Waals surface area contributed by atoms with Gasteiger partial charge in [0.05, 0.1) is 0 Å². The van der Waals surface area contributed by atoms with Gasteiger partial charge in [-0.2, -0.15) is 0 Å². The van der Waals surface area contributed by atoms with Gasteiger partial charge in [0.2, 0.25) is 0 Å². The largest absolute Gasteiger partial charge is 0.443 e. The maximum Gasteiger partial charge on any atom is 0.410 e. The topological polar surface area (TPSA) is 29.5 Å². The van der Waals surface area contributed by atoms with E-state index in [1.807, 2.05) is 13.8 Å². The van der Waals surface area contributed by atoms with Crippen LogP contribution in [0.25, 0.3) is 0 Å². The Morgan fingerprint density at radius 3 is 2.62 bits per heavy atom. The zero-order valence-corrected chi connectivity index (χ0v) is 8.96. The summed E-state index contributed by atoms with van der Waals surface area (Å²) in [6.45, 7) is 9.74. The lowest BCUT2D eigenvalue weighted by Crippen LogP contribution is -2.47. The van der Waals surface area contributed by atoms with Crippen LogP contribution in [0, 0.1) is 5.92 Å². The molecule has 0 atom stereocenters. The van der Waals surface area contributed by atoms with E-state index < -0.39 is 0 Å². The van der Waals surface area contributed by atoms with E-state index in [0.29, 0.717) is 5.92 Å². The molecule has 1 heterocycles. The zero-order chi connectivity index (χ0) is 10.1. The molecule has 0 aliphatic carbocycles. The molecule has 3 nitrogen and oxygen atoms in total. The fraction of sp³-hybridized carbons (Fsp3) is 0.900. The van der Waals surface area contributed by atoms with Gasteiger partial charge in [-0.05, 0) is 19.8 Å². The number of cyclic esters (lactones) is 1. The van der Waals surface area contributed by atoms with Crippen LogP contribution in [-0.2, 0) is 4.74 Å². The molecule has 0 saturated carbocycles. The Labute approximate surface area is 80.1 Å². The molecule has 1 rings (SSSR count). The monoisotopic (exact) mass is 185 g/mol. The highest BCUT2D eigenvalue weighted by molar-refractivity contribution is 5.68. The van der Waals surface area contributed by atoms with Gasteiger partial charge >= 0.3 is 6.09 Å². The predicted molar refractivity (Wildman–Crippen MR) is 51.6 cm³/mol. The second-order valence-corrected chi connectivity index (χ2v) is 4.72. The van der Waals surface area contributed by atoms with Crippen LogP contribution < -0.4 is 0 Å². The third-order valence-electron chi connectivity index (χ3n) is 2.19. The summed E-state index contributed by atoms with van der Waals surface area (Å²) in [6, 6.07) is 0. The van der Waals surface area contributed by atoms with Crippen molar-refractivity contribution in [3.8, 4) is 0 Å². The molecule has 0 aromatic carbocycles. The Hall–Kier alpha value is -0.730. The molecular weight excluding hydrogens is 166 g/mol. The number of carbonyl (C=O) groups excluding carboxylic acids is 1. The number of rotatable bonds is 2. The number of ether oxygens (including phenoxy) is 1. The van der Waals surface area contributed by atoms with E-state index in [4.69, 9.17) is 4.74 Å². The van der Waals surface area contributed by atoms with E-state index in [2.05, 4.69) is 13.8 Å². The van der Waals surface area contributed by atoms with Crippen molar-refractivity contribution in [3.63, 3.8) is 0 Å². The van der Waals surface area contributed by atoms with Gasteiger partial charge in [-0.3, -0.25) is 0 Å². The van der Waals surface area contributed by atoms with Gasteiger partial charge < -0.3 is 9.64 Å². The average Bonchev–Trinajstić information content (AvgIpc) is 1.93. The molecule has 1 amide bonds. The summed E-state index contributed by atoms with van der Waals surface area (Å²) < 4.78 is 5.27. The van der Waals surface area contributed by atoms with Crippen LogP contribution in [-0.4, -0.2) is 29.7 Å². The molecular formula is C10H19NO2. The van der Waals surface area contributed by atoms with Crippen molar-refractivity contribution in [2.24, 2.45) is 5.92 Å². The first kappa shape index (κ1) is 10.4. The molecule has 0 bridgehead atoms. The standard InChI is InChI=1S/C10H19NO2/c1-8(2)7-11-6-5-10(3,4)13-9(11)12/h8H,5-7H2,1-4H3. The minimum absolute atomic E-state index is 0.162. The molecule has 0 aromatic heterocycles. The third-order valence-corrected chi connectivity index (χ3v) is 2.19. The minimum atomic E-state index is -0.273. The van der Waals surface area contributed by atoms with Crippen LogP contribution in [0.1, 0.15) is 34.1 Å². The fourth-order valence-corrected chi connectivity index (χ4v) is 1.45. The lowest BCUT2D eigenvalue weighted by Gasteiger charge is -2.37. The Morgan fingerprint density at radius 1 is 1.54 bits per heavy atom. The van der Waals surface area contributed by atoms with Gasteiger partial charge in [0, 0.05) is 19.5 Å². The van der Waals surface area contributed by atoms with Crippen LogP contribution in [0.4, 0.5) is 4.79 Å².